The highest BCUT2D eigenvalue weighted by Gasteiger charge is 2.22. The highest BCUT2D eigenvalue weighted by atomic mass is 32.2. The molecule has 6 aromatic rings. The largest absolute Gasteiger partial charge is 0.396 e. The van der Waals surface area contributed by atoms with Crippen LogP contribution in [0.15, 0.2) is 127 Å². The zero-order valence-electron chi connectivity index (χ0n) is 26.9. The van der Waals surface area contributed by atoms with Crippen LogP contribution in [0.25, 0.3) is 32.7 Å². The molecule has 6 aromatic carbocycles. The smallest absolute Gasteiger partial charge is 0.296 e. The van der Waals surface area contributed by atoms with Crippen molar-refractivity contribution in [3.05, 3.63) is 108 Å². The lowest BCUT2D eigenvalue weighted by Crippen LogP contribution is -2.01. The van der Waals surface area contributed by atoms with E-state index in [0.29, 0.717) is 45.8 Å². The van der Waals surface area contributed by atoms with Gasteiger partial charge in [-0.1, -0.05) is 74.5 Å². The molecule has 0 spiro atoms. The van der Waals surface area contributed by atoms with Crippen LogP contribution in [0.5, 0.6) is 0 Å². The van der Waals surface area contributed by atoms with Crippen LogP contribution in [0.1, 0.15) is 25.0 Å². The minimum atomic E-state index is -4.65. The number of nitrogens with zero attached hydrogens (tertiary/aromatic N) is 4. The second-order valence-electron chi connectivity index (χ2n) is 11.5. The fourth-order valence-electron chi connectivity index (χ4n) is 5.77. The van der Waals surface area contributed by atoms with E-state index in [9.17, 15) is 25.9 Å². The Morgan fingerprint density at radius 1 is 0.540 bits per heavy atom. The topological polar surface area (TPSA) is 210 Å². The fraction of sp³-hybridized carbons (Fsp3) is 0.111. The van der Waals surface area contributed by atoms with Crippen LogP contribution < -0.4 is 11.5 Å². The summed E-state index contributed by atoms with van der Waals surface area (Å²) in [6.45, 7) is 3.90. The van der Waals surface area contributed by atoms with Crippen molar-refractivity contribution in [2.45, 2.75) is 36.5 Å². The first-order valence-electron chi connectivity index (χ1n) is 15.5. The summed E-state index contributed by atoms with van der Waals surface area (Å²) in [6.07, 6.45) is 1.16. The van der Waals surface area contributed by atoms with Gasteiger partial charge in [-0.05, 0) is 82.3 Å². The maximum Gasteiger partial charge on any atom is 0.296 e. The molecule has 6 rings (SSSR count). The number of anilines is 2. The molecule has 0 fully saturated rings. The molecule has 0 aliphatic heterocycles. The predicted octanol–water partition coefficient (Wildman–Crippen LogP) is 9.27. The summed E-state index contributed by atoms with van der Waals surface area (Å²) in [5, 5.41) is 19.3. The molecule has 0 aliphatic rings. The summed E-state index contributed by atoms with van der Waals surface area (Å²) < 4.78 is 68.8. The summed E-state index contributed by atoms with van der Waals surface area (Å²) >= 11 is 0. The lowest BCUT2D eigenvalue weighted by molar-refractivity contribution is 0.481. The Morgan fingerprint density at radius 2 is 0.920 bits per heavy atom. The normalized spacial score (nSPS) is 12.5. The van der Waals surface area contributed by atoms with Gasteiger partial charge in [0.1, 0.15) is 21.2 Å². The first kappa shape index (κ1) is 34.3. The van der Waals surface area contributed by atoms with Crippen LogP contribution in [-0.4, -0.2) is 25.9 Å². The number of hydrogen-bond acceptors (Lipinski definition) is 10. The lowest BCUT2D eigenvalue weighted by atomic mass is 9.98. The molecule has 50 heavy (non-hydrogen) atoms. The first-order chi connectivity index (χ1) is 23.8. The molecular formula is C36H32N6O6S2. The number of fused-ring (bicyclic) bond motifs is 2. The Balaban J connectivity index is 1.35. The van der Waals surface area contributed by atoms with E-state index in [0.717, 1.165) is 22.3 Å². The summed E-state index contributed by atoms with van der Waals surface area (Å²) in [5.74, 6) is 0. The van der Waals surface area contributed by atoms with Gasteiger partial charge in [0.15, 0.2) is 0 Å². The van der Waals surface area contributed by atoms with Crippen LogP contribution in [-0.2, 0) is 33.1 Å². The Bertz CT molecular complexity index is 2420. The van der Waals surface area contributed by atoms with Crippen molar-refractivity contribution < 1.29 is 25.9 Å². The third-order valence-electron chi connectivity index (χ3n) is 8.38. The molecule has 12 nitrogen and oxygen atoms in total. The average Bonchev–Trinajstić information content (AvgIpc) is 3.09. The van der Waals surface area contributed by atoms with Crippen LogP contribution in [0.4, 0.5) is 34.1 Å². The van der Waals surface area contributed by atoms with Crippen molar-refractivity contribution in [2.75, 3.05) is 11.5 Å². The van der Waals surface area contributed by atoms with Gasteiger partial charge in [-0.2, -0.15) is 27.1 Å². The van der Waals surface area contributed by atoms with Gasteiger partial charge in [-0.25, -0.2) is 0 Å². The van der Waals surface area contributed by atoms with Gasteiger partial charge >= 0.3 is 0 Å². The van der Waals surface area contributed by atoms with E-state index in [4.69, 9.17) is 11.5 Å². The molecule has 0 unspecified atom stereocenters. The first-order valence-corrected chi connectivity index (χ1v) is 18.3. The summed E-state index contributed by atoms with van der Waals surface area (Å²) in [6, 6.07) is 27.6. The van der Waals surface area contributed by atoms with E-state index in [1.807, 2.05) is 38.1 Å². The second kappa shape index (κ2) is 13.4. The van der Waals surface area contributed by atoms with Crippen LogP contribution in [0.2, 0.25) is 0 Å². The molecule has 254 valence electrons. The van der Waals surface area contributed by atoms with Gasteiger partial charge in [-0.15, -0.1) is 10.2 Å². The van der Waals surface area contributed by atoms with Crippen LogP contribution >= 0.6 is 0 Å². The average molecular weight is 709 g/mol. The van der Waals surface area contributed by atoms with Crippen LogP contribution in [0, 0.1) is 0 Å². The third-order valence-corrected chi connectivity index (χ3v) is 10.1. The molecule has 0 aromatic heterocycles. The summed E-state index contributed by atoms with van der Waals surface area (Å²) in [5.41, 5.74) is 16.9. The second-order valence-corrected chi connectivity index (χ2v) is 14.2. The zero-order valence-corrected chi connectivity index (χ0v) is 28.6. The van der Waals surface area contributed by atoms with E-state index in [1.165, 1.54) is 12.1 Å². The van der Waals surface area contributed by atoms with Gasteiger partial charge in [0, 0.05) is 10.8 Å². The van der Waals surface area contributed by atoms with Crippen molar-refractivity contribution in [1.82, 2.24) is 0 Å². The molecule has 0 radical (unpaired) electrons. The molecule has 14 heteroatoms. The minimum Gasteiger partial charge on any atom is -0.396 e. The van der Waals surface area contributed by atoms with E-state index in [-0.39, 0.29) is 22.7 Å². The number of hydrogen-bond donors (Lipinski definition) is 4. The maximum atomic E-state index is 12.2. The number of aryl methyl sites for hydroxylation is 2. The predicted molar refractivity (Wildman–Crippen MR) is 195 cm³/mol. The summed E-state index contributed by atoms with van der Waals surface area (Å²) in [4.78, 5) is -0.872. The summed E-state index contributed by atoms with van der Waals surface area (Å²) in [7, 11) is -9.31. The molecule has 0 heterocycles. The molecule has 6 N–H and O–H groups in total. The number of nitrogens with two attached hydrogens (primary N) is 2. The van der Waals surface area contributed by atoms with Crippen molar-refractivity contribution in [2.24, 2.45) is 20.5 Å². The van der Waals surface area contributed by atoms with E-state index in [1.54, 1.807) is 60.7 Å². The van der Waals surface area contributed by atoms with Crippen molar-refractivity contribution in [3.63, 3.8) is 0 Å². The van der Waals surface area contributed by atoms with Gasteiger partial charge in [0.05, 0.1) is 22.7 Å². The van der Waals surface area contributed by atoms with E-state index < -0.39 is 30.0 Å². The monoisotopic (exact) mass is 708 g/mol. The highest BCUT2D eigenvalue weighted by Crippen LogP contribution is 2.41. The quantitative estimate of drug-likeness (QED) is 0.0644. The number of nitrogen functional groups attached to an aromatic ring is 2. The molecule has 0 amide bonds. The maximum absolute atomic E-state index is 12.2. The molecule has 0 saturated heterocycles. The van der Waals surface area contributed by atoms with E-state index in [2.05, 4.69) is 20.5 Å². The van der Waals surface area contributed by atoms with Crippen molar-refractivity contribution in [3.8, 4) is 11.1 Å². The van der Waals surface area contributed by atoms with Gasteiger partial charge in [0.2, 0.25) is 0 Å². The molecule has 0 aliphatic carbocycles. The Hall–Kier alpha value is -5.54. The molecular weight excluding hydrogens is 677 g/mol. The molecule has 0 saturated carbocycles. The SMILES string of the molecule is CCc1cc(-c2ccc(N=Nc3c(S(=O)(=O)O)cc4ccccc4c3N)c(CC)c2)ccc1N=Nc1c(S(=O)(=O)O)cc2ccccc2c1N. The van der Waals surface area contributed by atoms with Gasteiger partial charge < -0.3 is 11.5 Å². The lowest BCUT2D eigenvalue weighted by Gasteiger charge is -2.12. The number of benzene rings is 6. The van der Waals surface area contributed by atoms with E-state index >= 15 is 0 Å². The van der Waals surface area contributed by atoms with Gasteiger partial charge in [0.25, 0.3) is 20.2 Å². The fourth-order valence-corrected chi connectivity index (χ4v) is 7.12. The molecule has 0 atom stereocenters. The standard InChI is InChI=1S/C36H32N6O6S2/c1-3-21-17-23(13-15-29(21)39-41-35-31(49(43,44)45)19-25-9-5-7-11-27(25)33(35)37)24-14-16-30(22(4-2)18-24)40-42-36-32(50(46,47)48)20-26-10-6-8-12-28(26)34(36)38/h5-20H,3-4,37-38H2,1-2H3,(H,43,44,45)(H,46,47,48). The van der Waals surface area contributed by atoms with Crippen molar-refractivity contribution >= 4 is 75.9 Å². The van der Waals surface area contributed by atoms with Gasteiger partial charge in [-0.3, -0.25) is 9.11 Å². The minimum absolute atomic E-state index is 0.0796. The Labute approximate surface area is 288 Å². The van der Waals surface area contributed by atoms with Crippen LogP contribution in [0.3, 0.4) is 0 Å². The number of rotatable bonds is 9. The Kier molecular flexibility index (Phi) is 9.20. The number of azo groups is 2. The molecule has 0 bridgehead atoms. The third kappa shape index (κ3) is 6.69. The van der Waals surface area contributed by atoms with Crippen molar-refractivity contribution in [1.29, 1.82) is 0 Å². The zero-order chi connectivity index (χ0) is 35.8. The Morgan fingerprint density at radius 3 is 1.28 bits per heavy atom. The highest BCUT2D eigenvalue weighted by molar-refractivity contribution is 7.86.